The predicted molar refractivity (Wildman–Crippen MR) is 52.4 cm³/mol. The van der Waals surface area contributed by atoms with Crippen LogP contribution in [0.5, 0.6) is 0 Å². The van der Waals surface area contributed by atoms with E-state index in [2.05, 4.69) is 5.32 Å². The van der Waals surface area contributed by atoms with Gasteiger partial charge in [-0.2, -0.15) is 0 Å². The van der Waals surface area contributed by atoms with Crippen molar-refractivity contribution in [2.24, 2.45) is 0 Å². The second kappa shape index (κ2) is 5.55. The number of aliphatic hydroxyl groups is 3. The largest absolute Gasteiger partial charge is 0.387 e. The molecule has 1 rings (SSSR count). The lowest BCUT2D eigenvalue weighted by atomic mass is 9.98. The molecule has 3 unspecified atom stereocenters. The Labute approximate surface area is 93.0 Å². The second-order valence-corrected chi connectivity index (χ2v) is 3.47. The van der Waals surface area contributed by atoms with Gasteiger partial charge in [0.25, 0.3) is 5.91 Å². The van der Waals surface area contributed by atoms with Gasteiger partial charge in [0, 0.05) is 13.7 Å². The highest BCUT2D eigenvalue weighted by molar-refractivity contribution is 5.81. The van der Waals surface area contributed by atoms with Crippen LogP contribution >= 0.6 is 0 Å². The van der Waals surface area contributed by atoms with E-state index in [4.69, 9.17) is 9.47 Å². The third kappa shape index (κ3) is 2.50. The van der Waals surface area contributed by atoms with Gasteiger partial charge < -0.3 is 30.1 Å². The quantitative estimate of drug-likeness (QED) is 0.433. The van der Waals surface area contributed by atoms with E-state index >= 15 is 0 Å². The average Bonchev–Trinajstić information content (AvgIpc) is 2.29. The van der Waals surface area contributed by atoms with Crippen LogP contribution in [0.2, 0.25) is 0 Å². The Morgan fingerprint density at radius 2 is 1.94 bits per heavy atom. The summed E-state index contributed by atoms with van der Waals surface area (Å²) in [6.07, 6.45) is -6.71. The maximum absolute atomic E-state index is 11.3. The van der Waals surface area contributed by atoms with Gasteiger partial charge in [-0.15, -0.1) is 0 Å². The molecule has 1 aliphatic heterocycles. The Balaban J connectivity index is 2.76. The van der Waals surface area contributed by atoms with Crippen LogP contribution in [0.3, 0.4) is 0 Å². The summed E-state index contributed by atoms with van der Waals surface area (Å²) in [4.78, 5) is 11.3. The number of aliphatic hydroxyl groups excluding tert-OH is 3. The zero-order valence-corrected chi connectivity index (χ0v) is 9.16. The molecule has 0 spiro atoms. The summed E-state index contributed by atoms with van der Waals surface area (Å²) in [5.41, 5.74) is 0. The average molecular weight is 235 g/mol. The van der Waals surface area contributed by atoms with Crippen molar-refractivity contribution in [3.8, 4) is 0 Å². The van der Waals surface area contributed by atoms with Crippen LogP contribution in [0.4, 0.5) is 0 Å². The first-order valence-electron chi connectivity index (χ1n) is 5.05. The van der Waals surface area contributed by atoms with Crippen molar-refractivity contribution in [1.82, 2.24) is 5.32 Å². The topological polar surface area (TPSA) is 108 Å². The zero-order valence-electron chi connectivity index (χ0n) is 9.16. The van der Waals surface area contributed by atoms with Crippen LogP contribution in [-0.2, 0) is 14.3 Å². The minimum atomic E-state index is -1.48. The molecule has 94 valence electrons. The van der Waals surface area contributed by atoms with Crippen molar-refractivity contribution >= 4 is 5.91 Å². The summed E-state index contributed by atoms with van der Waals surface area (Å²) < 4.78 is 10.1. The molecule has 1 fully saturated rings. The SMILES string of the molecule is CCO[C@H]1OC(C(=O)NC)[C@@H](O)C(O)C1O. The van der Waals surface area contributed by atoms with E-state index in [1.165, 1.54) is 7.05 Å². The molecule has 0 aromatic heterocycles. The van der Waals surface area contributed by atoms with Crippen LogP contribution in [0, 0.1) is 0 Å². The van der Waals surface area contributed by atoms with Crippen LogP contribution < -0.4 is 5.32 Å². The maximum Gasteiger partial charge on any atom is 0.251 e. The molecule has 4 N–H and O–H groups in total. The third-order valence-electron chi connectivity index (χ3n) is 2.41. The third-order valence-corrected chi connectivity index (χ3v) is 2.41. The number of carbonyl (C=O) groups is 1. The van der Waals surface area contributed by atoms with Crippen molar-refractivity contribution in [1.29, 1.82) is 0 Å². The van der Waals surface area contributed by atoms with Crippen molar-refractivity contribution in [2.45, 2.75) is 37.6 Å². The van der Waals surface area contributed by atoms with Crippen molar-refractivity contribution in [3.05, 3.63) is 0 Å². The summed E-state index contributed by atoms with van der Waals surface area (Å²) in [7, 11) is 1.38. The molecule has 0 radical (unpaired) electrons. The standard InChI is InChI=1S/C9H17NO6/c1-3-15-9-6(13)4(11)5(12)7(16-9)8(14)10-2/h4-7,9,11-13H,3H2,1-2H3,(H,10,14)/t4?,5-,6?,7?,9-/m0/s1. The molecule has 1 heterocycles. The molecule has 5 atom stereocenters. The van der Waals surface area contributed by atoms with Crippen molar-refractivity contribution < 1.29 is 29.6 Å². The number of nitrogens with one attached hydrogen (secondary N) is 1. The van der Waals surface area contributed by atoms with Crippen LogP contribution in [0.25, 0.3) is 0 Å². The molecule has 0 aromatic carbocycles. The molecular weight excluding hydrogens is 218 g/mol. The summed E-state index contributed by atoms with van der Waals surface area (Å²) in [5.74, 6) is -0.580. The highest BCUT2D eigenvalue weighted by Crippen LogP contribution is 2.22. The van der Waals surface area contributed by atoms with E-state index in [-0.39, 0.29) is 6.61 Å². The van der Waals surface area contributed by atoms with Gasteiger partial charge in [0.15, 0.2) is 12.4 Å². The normalized spacial score (nSPS) is 39.4. The van der Waals surface area contributed by atoms with E-state index in [0.29, 0.717) is 0 Å². The minimum absolute atomic E-state index is 0.255. The molecule has 1 aliphatic rings. The zero-order chi connectivity index (χ0) is 12.3. The Hall–Kier alpha value is -0.730. The molecule has 0 aromatic rings. The van der Waals surface area contributed by atoms with Gasteiger partial charge in [-0.1, -0.05) is 0 Å². The fourth-order valence-corrected chi connectivity index (χ4v) is 1.51. The molecule has 1 amide bonds. The summed E-state index contributed by atoms with van der Waals surface area (Å²) >= 11 is 0. The summed E-state index contributed by atoms with van der Waals surface area (Å²) in [5, 5.41) is 30.9. The second-order valence-electron chi connectivity index (χ2n) is 3.47. The molecule has 7 nitrogen and oxygen atoms in total. The fourth-order valence-electron chi connectivity index (χ4n) is 1.51. The predicted octanol–water partition coefficient (Wildman–Crippen LogP) is -2.42. The first kappa shape index (κ1) is 13.3. The Morgan fingerprint density at radius 1 is 1.31 bits per heavy atom. The molecule has 0 bridgehead atoms. The number of ether oxygens (including phenoxy) is 2. The fraction of sp³-hybridized carbons (Fsp3) is 0.889. The number of carbonyl (C=O) groups excluding carboxylic acids is 1. The van der Waals surface area contributed by atoms with Gasteiger partial charge in [0.2, 0.25) is 0 Å². The van der Waals surface area contributed by atoms with E-state index in [1.54, 1.807) is 6.92 Å². The maximum atomic E-state index is 11.3. The van der Waals surface area contributed by atoms with E-state index in [1.807, 2.05) is 0 Å². The van der Waals surface area contributed by atoms with Crippen molar-refractivity contribution in [2.75, 3.05) is 13.7 Å². The van der Waals surface area contributed by atoms with Gasteiger partial charge >= 0.3 is 0 Å². The molecular formula is C9H17NO6. The van der Waals surface area contributed by atoms with Crippen LogP contribution in [0.1, 0.15) is 6.92 Å². The lowest BCUT2D eigenvalue weighted by Gasteiger charge is -2.39. The lowest BCUT2D eigenvalue weighted by Crippen LogP contribution is -2.61. The molecule has 1 saturated heterocycles. The van der Waals surface area contributed by atoms with Crippen LogP contribution in [-0.4, -0.2) is 65.6 Å². The smallest absolute Gasteiger partial charge is 0.251 e. The number of likely N-dealkylation sites (N-methyl/N-ethyl adjacent to an activating group) is 1. The Morgan fingerprint density at radius 3 is 2.44 bits per heavy atom. The van der Waals surface area contributed by atoms with Gasteiger partial charge in [0.05, 0.1) is 0 Å². The Bertz CT molecular complexity index is 248. The minimum Gasteiger partial charge on any atom is -0.387 e. The van der Waals surface area contributed by atoms with Crippen LogP contribution in [0.15, 0.2) is 0 Å². The molecule has 0 aliphatic carbocycles. The van der Waals surface area contributed by atoms with E-state index in [9.17, 15) is 20.1 Å². The number of hydrogen-bond donors (Lipinski definition) is 4. The summed E-state index contributed by atoms with van der Waals surface area (Å²) in [6.45, 7) is 1.94. The molecule has 0 saturated carbocycles. The Kier molecular flexibility index (Phi) is 4.63. The number of hydrogen-bond acceptors (Lipinski definition) is 6. The monoisotopic (exact) mass is 235 g/mol. The van der Waals surface area contributed by atoms with Gasteiger partial charge in [-0.25, -0.2) is 0 Å². The molecule has 7 heteroatoms. The van der Waals surface area contributed by atoms with Gasteiger partial charge in [0.1, 0.15) is 18.3 Å². The first-order chi connectivity index (χ1) is 7.52. The number of amides is 1. The number of rotatable bonds is 3. The van der Waals surface area contributed by atoms with E-state index < -0.39 is 36.6 Å². The lowest BCUT2D eigenvalue weighted by molar-refractivity contribution is -0.289. The summed E-state index contributed by atoms with van der Waals surface area (Å²) in [6, 6.07) is 0. The molecule has 16 heavy (non-hydrogen) atoms. The van der Waals surface area contributed by atoms with Gasteiger partial charge in [-0.05, 0) is 6.92 Å². The first-order valence-corrected chi connectivity index (χ1v) is 5.05. The highest BCUT2D eigenvalue weighted by Gasteiger charge is 2.46. The van der Waals surface area contributed by atoms with Gasteiger partial charge in [-0.3, -0.25) is 4.79 Å². The highest BCUT2D eigenvalue weighted by atomic mass is 16.7. The van der Waals surface area contributed by atoms with Crippen molar-refractivity contribution in [3.63, 3.8) is 0 Å². The van der Waals surface area contributed by atoms with E-state index in [0.717, 1.165) is 0 Å².